The van der Waals surface area contributed by atoms with Crippen molar-refractivity contribution >= 4 is 17.4 Å². The second kappa shape index (κ2) is 12.9. The van der Waals surface area contributed by atoms with Crippen molar-refractivity contribution in [1.29, 1.82) is 0 Å². The SMILES string of the molecule is C[C@H](CC(=O)C1CC[C@@H](CC(=O)OC(C)(C)C)C1)c1ccc(O[C@@H]2CCN(c3ccc(OCC4CC4)cc3)C2)cc1. The molecule has 3 aliphatic rings. The van der Waals surface area contributed by atoms with Crippen molar-refractivity contribution in [2.24, 2.45) is 17.8 Å². The first-order valence-electron chi connectivity index (χ1n) is 15.6. The fourth-order valence-electron chi connectivity index (χ4n) is 6.14. The molecule has 222 valence electrons. The highest BCUT2D eigenvalue weighted by Crippen LogP contribution is 2.37. The third kappa shape index (κ3) is 8.73. The Bertz CT molecular complexity index is 1160. The quantitative estimate of drug-likeness (QED) is 0.253. The van der Waals surface area contributed by atoms with Crippen LogP contribution in [-0.2, 0) is 14.3 Å². The number of ketones is 1. The van der Waals surface area contributed by atoms with Crippen LogP contribution in [0.1, 0.15) is 90.5 Å². The van der Waals surface area contributed by atoms with Gasteiger partial charge < -0.3 is 19.1 Å². The van der Waals surface area contributed by atoms with Gasteiger partial charge in [0.1, 0.15) is 29.0 Å². The summed E-state index contributed by atoms with van der Waals surface area (Å²) in [6.45, 7) is 10.5. The molecule has 0 spiro atoms. The molecule has 2 aromatic carbocycles. The zero-order chi connectivity index (χ0) is 29.0. The molecule has 0 aromatic heterocycles. The number of rotatable bonds is 12. The first kappa shape index (κ1) is 29.5. The van der Waals surface area contributed by atoms with Gasteiger partial charge in [-0.3, -0.25) is 9.59 Å². The Labute approximate surface area is 245 Å². The standard InChI is InChI=1S/C35H47NO5/c1-24(19-33(37)28-8-7-26(20-28)21-34(38)41-35(2,3)4)27-9-13-31(14-10-27)40-32-17-18-36(22-32)29-11-15-30(16-12-29)39-23-25-5-6-25/h9-16,24-26,28,32H,5-8,17-23H2,1-4H3/t24-,26-,28?,32-/m1/s1. The van der Waals surface area contributed by atoms with E-state index in [2.05, 4.69) is 48.2 Å². The van der Waals surface area contributed by atoms with Gasteiger partial charge in [-0.1, -0.05) is 19.1 Å². The summed E-state index contributed by atoms with van der Waals surface area (Å²) < 4.78 is 17.7. The number of carbonyl (C=O) groups excluding carboxylic acids is 2. The molecule has 41 heavy (non-hydrogen) atoms. The summed E-state index contributed by atoms with van der Waals surface area (Å²) in [5, 5.41) is 0. The van der Waals surface area contributed by atoms with Gasteiger partial charge in [0, 0.05) is 37.4 Å². The molecule has 1 saturated heterocycles. The van der Waals surface area contributed by atoms with Crippen LogP contribution in [0.3, 0.4) is 0 Å². The van der Waals surface area contributed by atoms with Crippen molar-refractivity contribution in [3.8, 4) is 11.5 Å². The Kier molecular flexibility index (Phi) is 9.25. The van der Waals surface area contributed by atoms with Crippen LogP contribution in [-0.4, -0.2) is 43.2 Å². The molecule has 0 N–H and O–H groups in total. The molecular weight excluding hydrogens is 514 g/mol. The van der Waals surface area contributed by atoms with Gasteiger partial charge in [-0.25, -0.2) is 0 Å². The molecular formula is C35H47NO5. The minimum atomic E-state index is -0.463. The zero-order valence-electron chi connectivity index (χ0n) is 25.3. The number of hydrogen-bond acceptors (Lipinski definition) is 6. The van der Waals surface area contributed by atoms with Gasteiger partial charge in [-0.15, -0.1) is 0 Å². The lowest BCUT2D eigenvalue weighted by atomic mass is 9.89. The molecule has 1 aliphatic heterocycles. The average Bonchev–Trinajstić information content (AvgIpc) is 3.44. The topological polar surface area (TPSA) is 65.1 Å². The largest absolute Gasteiger partial charge is 0.493 e. The maximum Gasteiger partial charge on any atom is 0.306 e. The van der Waals surface area contributed by atoms with Gasteiger partial charge in [-0.05, 0) is 113 Å². The van der Waals surface area contributed by atoms with Gasteiger partial charge in [-0.2, -0.15) is 0 Å². The Morgan fingerprint density at radius 2 is 1.59 bits per heavy atom. The van der Waals surface area contributed by atoms with E-state index in [0.717, 1.165) is 68.4 Å². The van der Waals surface area contributed by atoms with Crippen molar-refractivity contribution in [1.82, 2.24) is 0 Å². The van der Waals surface area contributed by atoms with E-state index in [1.165, 1.54) is 18.5 Å². The highest BCUT2D eigenvalue weighted by molar-refractivity contribution is 5.82. The summed E-state index contributed by atoms with van der Waals surface area (Å²) in [4.78, 5) is 27.6. The molecule has 6 heteroatoms. The van der Waals surface area contributed by atoms with E-state index in [9.17, 15) is 9.59 Å². The number of hydrogen-bond donors (Lipinski definition) is 0. The Morgan fingerprint density at radius 1 is 0.902 bits per heavy atom. The summed E-state index contributed by atoms with van der Waals surface area (Å²) in [5.74, 6) is 3.22. The Balaban J connectivity index is 1.04. The lowest BCUT2D eigenvalue weighted by Crippen LogP contribution is -2.25. The van der Waals surface area contributed by atoms with Crippen LogP contribution in [0, 0.1) is 17.8 Å². The van der Waals surface area contributed by atoms with E-state index >= 15 is 0 Å². The molecule has 0 bridgehead atoms. The summed E-state index contributed by atoms with van der Waals surface area (Å²) in [6.07, 6.45) is 7.30. The van der Waals surface area contributed by atoms with E-state index < -0.39 is 5.60 Å². The fourth-order valence-corrected chi connectivity index (χ4v) is 6.14. The molecule has 4 atom stereocenters. The van der Waals surface area contributed by atoms with Crippen LogP contribution in [0.2, 0.25) is 0 Å². The van der Waals surface area contributed by atoms with Crippen molar-refractivity contribution in [3.05, 3.63) is 54.1 Å². The summed E-state index contributed by atoms with van der Waals surface area (Å²) in [6, 6.07) is 16.7. The zero-order valence-corrected chi connectivity index (χ0v) is 25.3. The van der Waals surface area contributed by atoms with E-state index in [1.807, 2.05) is 32.9 Å². The molecule has 3 fully saturated rings. The Hall–Kier alpha value is -3.02. The lowest BCUT2D eigenvalue weighted by Gasteiger charge is -2.21. The van der Waals surface area contributed by atoms with Gasteiger partial charge >= 0.3 is 5.97 Å². The predicted molar refractivity (Wildman–Crippen MR) is 162 cm³/mol. The average molecular weight is 562 g/mol. The summed E-state index contributed by atoms with van der Waals surface area (Å²) >= 11 is 0. The predicted octanol–water partition coefficient (Wildman–Crippen LogP) is 7.34. The van der Waals surface area contributed by atoms with Crippen LogP contribution in [0.5, 0.6) is 11.5 Å². The maximum atomic E-state index is 13.1. The highest BCUT2D eigenvalue weighted by Gasteiger charge is 2.33. The minimum absolute atomic E-state index is 0.0595. The van der Waals surface area contributed by atoms with Crippen LogP contribution in [0.15, 0.2) is 48.5 Å². The molecule has 1 unspecified atom stereocenters. The number of nitrogens with zero attached hydrogens (tertiary/aromatic N) is 1. The molecule has 2 aromatic rings. The van der Waals surface area contributed by atoms with Crippen LogP contribution < -0.4 is 14.4 Å². The first-order chi connectivity index (χ1) is 19.6. The summed E-state index contributed by atoms with van der Waals surface area (Å²) in [5.41, 5.74) is 1.91. The maximum absolute atomic E-state index is 13.1. The van der Waals surface area contributed by atoms with Crippen molar-refractivity contribution in [2.45, 2.75) is 96.7 Å². The van der Waals surface area contributed by atoms with Crippen LogP contribution in [0.25, 0.3) is 0 Å². The van der Waals surface area contributed by atoms with E-state index in [0.29, 0.717) is 18.6 Å². The molecule has 5 rings (SSSR count). The van der Waals surface area contributed by atoms with Crippen molar-refractivity contribution in [3.63, 3.8) is 0 Å². The van der Waals surface area contributed by atoms with Gasteiger partial charge in [0.15, 0.2) is 0 Å². The van der Waals surface area contributed by atoms with Crippen molar-refractivity contribution in [2.75, 3.05) is 24.6 Å². The second-order valence-corrected chi connectivity index (χ2v) is 13.5. The molecule has 6 nitrogen and oxygen atoms in total. The molecule has 1 heterocycles. The van der Waals surface area contributed by atoms with E-state index in [4.69, 9.17) is 14.2 Å². The van der Waals surface area contributed by atoms with Gasteiger partial charge in [0.05, 0.1) is 13.2 Å². The lowest BCUT2D eigenvalue weighted by molar-refractivity contribution is -0.156. The van der Waals surface area contributed by atoms with Gasteiger partial charge in [0.2, 0.25) is 0 Å². The van der Waals surface area contributed by atoms with Crippen LogP contribution in [0.4, 0.5) is 5.69 Å². The smallest absolute Gasteiger partial charge is 0.306 e. The Morgan fingerprint density at radius 3 is 2.27 bits per heavy atom. The van der Waals surface area contributed by atoms with Crippen LogP contribution >= 0.6 is 0 Å². The fraction of sp³-hybridized carbons (Fsp3) is 0.600. The normalized spacial score (nSPS) is 23.3. The van der Waals surface area contributed by atoms with Gasteiger partial charge in [0.25, 0.3) is 0 Å². The third-order valence-electron chi connectivity index (χ3n) is 8.66. The third-order valence-corrected chi connectivity index (χ3v) is 8.66. The number of benzene rings is 2. The first-order valence-corrected chi connectivity index (χ1v) is 15.6. The summed E-state index contributed by atoms with van der Waals surface area (Å²) in [7, 11) is 0. The number of Topliss-reactive ketones (excluding diaryl/α,β-unsaturated/α-hetero) is 1. The molecule has 2 aliphatic carbocycles. The second-order valence-electron chi connectivity index (χ2n) is 13.5. The highest BCUT2D eigenvalue weighted by atomic mass is 16.6. The van der Waals surface area contributed by atoms with E-state index in [1.54, 1.807) is 0 Å². The number of carbonyl (C=O) groups is 2. The minimum Gasteiger partial charge on any atom is -0.493 e. The molecule has 0 amide bonds. The van der Waals surface area contributed by atoms with Crippen molar-refractivity contribution < 1.29 is 23.8 Å². The number of esters is 1. The molecule has 0 radical (unpaired) electrons. The molecule has 2 saturated carbocycles. The number of ether oxygens (including phenoxy) is 3. The number of anilines is 1. The van der Waals surface area contributed by atoms with E-state index in [-0.39, 0.29) is 29.8 Å². The monoisotopic (exact) mass is 561 g/mol.